The van der Waals surface area contributed by atoms with Crippen molar-refractivity contribution in [3.8, 4) is 22.3 Å². The smallest absolute Gasteiger partial charge is 0.0175 e. The van der Waals surface area contributed by atoms with Gasteiger partial charge >= 0.3 is 0 Å². The molecule has 3 aromatic rings. The lowest BCUT2D eigenvalue weighted by molar-refractivity contribution is 0.421. The third kappa shape index (κ3) is 2.82. The SMILES string of the molecule is Cc1ccccc1-c1cccc(-c2ccc(Br)cc2)c1C1CCC1. The minimum Gasteiger partial charge on any atom is -0.0620 e. The Bertz CT molecular complexity index is 857. The van der Waals surface area contributed by atoms with E-state index in [4.69, 9.17) is 0 Å². The summed E-state index contributed by atoms with van der Waals surface area (Å²) in [6.45, 7) is 2.21. The normalized spacial score (nSPS) is 14.4. The highest BCUT2D eigenvalue weighted by Gasteiger charge is 2.26. The fraction of sp³-hybridized carbons (Fsp3) is 0.217. The molecular formula is C23H21Br. The number of aryl methyl sites for hydroxylation is 1. The summed E-state index contributed by atoms with van der Waals surface area (Å²) in [5.74, 6) is 0.694. The molecule has 0 aliphatic heterocycles. The fourth-order valence-corrected chi connectivity index (χ4v) is 3.96. The van der Waals surface area contributed by atoms with Crippen molar-refractivity contribution in [1.29, 1.82) is 0 Å². The van der Waals surface area contributed by atoms with Crippen LogP contribution in [0.25, 0.3) is 22.3 Å². The first-order valence-electron chi connectivity index (χ1n) is 8.69. The van der Waals surface area contributed by atoms with Crippen molar-refractivity contribution in [1.82, 2.24) is 0 Å². The number of hydrogen-bond donors (Lipinski definition) is 0. The van der Waals surface area contributed by atoms with Crippen molar-refractivity contribution in [3.63, 3.8) is 0 Å². The van der Waals surface area contributed by atoms with Gasteiger partial charge in [-0.3, -0.25) is 0 Å². The van der Waals surface area contributed by atoms with Crippen molar-refractivity contribution in [2.75, 3.05) is 0 Å². The summed E-state index contributed by atoms with van der Waals surface area (Å²) < 4.78 is 1.13. The Labute approximate surface area is 152 Å². The van der Waals surface area contributed by atoms with E-state index in [0.717, 1.165) is 4.47 Å². The minimum absolute atomic E-state index is 0.694. The lowest BCUT2D eigenvalue weighted by Gasteiger charge is -2.31. The molecule has 24 heavy (non-hydrogen) atoms. The predicted octanol–water partition coefficient (Wildman–Crippen LogP) is 7.36. The fourth-order valence-electron chi connectivity index (χ4n) is 3.69. The Morgan fingerprint density at radius 1 is 0.750 bits per heavy atom. The molecule has 3 aromatic carbocycles. The van der Waals surface area contributed by atoms with Crippen molar-refractivity contribution in [2.24, 2.45) is 0 Å². The van der Waals surface area contributed by atoms with Gasteiger partial charge < -0.3 is 0 Å². The third-order valence-corrected chi connectivity index (χ3v) is 5.74. The first-order valence-corrected chi connectivity index (χ1v) is 9.48. The molecule has 0 spiro atoms. The quantitative estimate of drug-likeness (QED) is 0.447. The van der Waals surface area contributed by atoms with Crippen molar-refractivity contribution in [3.05, 3.63) is 82.3 Å². The monoisotopic (exact) mass is 376 g/mol. The average Bonchev–Trinajstić information content (AvgIpc) is 2.55. The van der Waals surface area contributed by atoms with E-state index in [0.29, 0.717) is 5.92 Å². The lowest BCUT2D eigenvalue weighted by Crippen LogP contribution is -2.11. The highest BCUT2D eigenvalue weighted by atomic mass is 79.9. The second-order valence-corrected chi connectivity index (χ2v) is 7.63. The van der Waals surface area contributed by atoms with Crippen LogP contribution in [0.4, 0.5) is 0 Å². The van der Waals surface area contributed by atoms with Crippen molar-refractivity contribution >= 4 is 15.9 Å². The number of benzene rings is 3. The molecule has 0 nitrogen and oxygen atoms in total. The molecule has 0 heterocycles. The Hall–Kier alpha value is -1.86. The van der Waals surface area contributed by atoms with Gasteiger partial charge in [0.05, 0.1) is 0 Å². The van der Waals surface area contributed by atoms with E-state index in [-0.39, 0.29) is 0 Å². The summed E-state index contributed by atoms with van der Waals surface area (Å²) in [4.78, 5) is 0. The van der Waals surface area contributed by atoms with E-state index in [1.165, 1.54) is 47.1 Å². The second kappa shape index (κ2) is 6.57. The van der Waals surface area contributed by atoms with Gasteiger partial charge in [-0.25, -0.2) is 0 Å². The van der Waals surface area contributed by atoms with Crippen LogP contribution in [-0.2, 0) is 0 Å². The Balaban J connectivity index is 1.93. The largest absolute Gasteiger partial charge is 0.0620 e. The maximum Gasteiger partial charge on any atom is 0.0175 e. The number of halogens is 1. The minimum atomic E-state index is 0.694. The Kier molecular flexibility index (Phi) is 4.28. The number of rotatable bonds is 3. The molecule has 0 unspecified atom stereocenters. The molecule has 0 radical (unpaired) electrons. The van der Waals surface area contributed by atoms with E-state index in [2.05, 4.69) is 89.6 Å². The standard InChI is InChI=1S/C23H21Br/c1-16-6-2-3-9-20(16)22-11-5-10-21(23(22)18-7-4-8-18)17-12-14-19(24)15-13-17/h2-3,5-6,9-15,18H,4,7-8H2,1H3. The zero-order chi connectivity index (χ0) is 16.5. The van der Waals surface area contributed by atoms with E-state index in [1.54, 1.807) is 5.56 Å². The second-order valence-electron chi connectivity index (χ2n) is 6.72. The highest BCUT2D eigenvalue weighted by molar-refractivity contribution is 9.10. The van der Waals surface area contributed by atoms with Gasteiger partial charge in [-0.2, -0.15) is 0 Å². The molecule has 1 heteroatoms. The molecule has 1 fully saturated rings. The summed E-state index contributed by atoms with van der Waals surface area (Å²) in [7, 11) is 0. The van der Waals surface area contributed by atoms with E-state index < -0.39 is 0 Å². The van der Waals surface area contributed by atoms with Gasteiger partial charge in [-0.05, 0) is 71.2 Å². The van der Waals surface area contributed by atoms with E-state index in [1.807, 2.05) is 0 Å². The summed E-state index contributed by atoms with van der Waals surface area (Å²) in [5.41, 5.74) is 8.39. The molecule has 0 aromatic heterocycles. The van der Waals surface area contributed by atoms with Gasteiger partial charge in [-0.1, -0.05) is 76.9 Å². The lowest BCUT2D eigenvalue weighted by atomic mass is 9.74. The summed E-state index contributed by atoms with van der Waals surface area (Å²) >= 11 is 3.55. The van der Waals surface area contributed by atoms with Crippen LogP contribution in [0.3, 0.4) is 0 Å². The molecule has 0 saturated heterocycles. The molecule has 0 amide bonds. The molecule has 4 rings (SSSR count). The van der Waals surface area contributed by atoms with E-state index in [9.17, 15) is 0 Å². The van der Waals surface area contributed by atoms with Gasteiger partial charge in [-0.15, -0.1) is 0 Å². The van der Waals surface area contributed by atoms with Crippen LogP contribution >= 0.6 is 15.9 Å². The summed E-state index contributed by atoms with van der Waals surface area (Å²) in [5, 5.41) is 0. The topological polar surface area (TPSA) is 0 Å². The van der Waals surface area contributed by atoms with E-state index >= 15 is 0 Å². The molecule has 0 atom stereocenters. The first kappa shape index (κ1) is 15.7. The van der Waals surface area contributed by atoms with Crippen LogP contribution in [0.1, 0.15) is 36.3 Å². The molecule has 1 aliphatic rings. The Morgan fingerprint density at radius 2 is 1.42 bits per heavy atom. The van der Waals surface area contributed by atoms with Crippen LogP contribution in [0.5, 0.6) is 0 Å². The van der Waals surface area contributed by atoms with Crippen LogP contribution in [0.15, 0.2) is 71.2 Å². The van der Waals surface area contributed by atoms with Gasteiger partial charge in [0.15, 0.2) is 0 Å². The highest BCUT2D eigenvalue weighted by Crippen LogP contribution is 2.46. The maximum absolute atomic E-state index is 3.55. The van der Waals surface area contributed by atoms with Crippen molar-refractivity contribution < 1.29 is 0 Å². The molecule has 1 aliphatic carbocycles. The van der Waals surface area contributed by atoms with Crippen LogP contribution in [0.2, 0.25) is 0 Å². The van der Waals surface area contributed by atoms with Gasteiger partial charge in [0.25, 0.3) is 0 Å². The summed E-state index contributed by atoms with van der Waals surface area (Å²) in [6, 6.07) is 24.3. The summed E-state index contributed by atoms with van der Waals surface area (Å²) in [6.07, 6.45) is 3.98. The molecule has 0 bridgehead atoms. The van der Waals surface area contributed by atoms with Crippen LogP contribution < -0.4 is 0 Å². The zero-order valence-corrected chi connectivity index (χ0v) is 15.5. The third-order valence-electron chi connectivity index (χ3n) is 5.21. The maximum atomic E-state index is 3.55. The molecule has 1 saturated carbocycles. The van der Waals surface area contributed by atoms with Gasteiger partial charge in [0.2, 0.25) is 0 Å². The van der Waals surface area contributed by atoms with Gasteiger partial charge in [0.1, 0.15) is 0 Å². The molecule has 120 valence electrons. The molecular weight excluding hydrogens is 356 g/mol. The zero-order valence-electron chi connectivity index (χ0n) is 13.9. The first-order chi connectivity index (χ1) is 11.7. The van der Waals surface area contributed by atoms with Crippen LogP contribution in [0, 0.1) is 6.92 Å². The number of hydrogen-bond acceptors (Lipinski definition) is 0. The predicted molar refractivity (Wildman–Crippen MR) is 106 cm³/mol. The molecule has 0 N–H and O–H groups in total. The van der Waals surface area contributed by atoms with Crippen molar-refractivity contribution in [2.45, 2.75) is 32.1 Å². The van der Waals surface area contributed by atoms with Gasteiger partial charge in [0, 0.05) is 4.47 Å². The average molecular weight is 377 g/mol. The Morgan fingerprint density at radius 3 is 2.08 bits per heavy atom. The van der Waals surface area contributed by atoms with Crippen LogP contribution in [-0.4, -0.2) is 0 Å².